The fraction of sp³-hybridized carbons (Fsp3) is 0.917. The van der Waals surface area contributed by atoms with Crippen LogP contribution in [0, 0.1) is 11.8 Å². The average Bonchev–Trinajstić information content (AvgIpc) is 2.25. The topological polar surface area (TPSA) is 60.8 Å². The lowest BCUT2D eigenvalue weighted by atomic mass is 9.87. The first-order valence-corrected chi connectivity index (χ1v) is 5.89. The number of carbonyl (C=O) groups excluding carboxylic acids is 1. The third kappa shape index (κ3) is 4.49. The van der Waals surface area contributed by atoms with Gasteiger partial charge in [-0.05, 0) is 18.3 Å². The molecule has 0 rings (SSSR count). The van der Waals surface area contributed by atoms with Gasteiger partial charge in [-0.15, -0.1) is 0 Å². The van der Waals surface area contributed by atoms with Gasteiger partial charge in [-0.1, -0.05) is 20.8 Å². The molecule has 1 amide bonds. The van der Waals surface area contributed by atoms with Crippen molar-refractivity contribution in [2.45, 2.75) is 46.3 Å². The van der Waals surface area contributed by atoms with Crippen LogP contribution in [0.2, 0.25) is 0 Å². The Kier molecular flexibility index (Phi) is 6.60. The Morgan fingerprint density at radius 3 is 2.19 bits per heavy atom. The van der Waals surface area contributed by atoms with Crippen LogP contribution < -0.4 is 0 Å². The van der Waals surface area contributed by atoms with Gasteiger partial charge in [0.25, 0.3) is 0 Å². The summed E-state index contributed by atoms with van der Waals surface area (Å²) in [6, 6.07) is 0. The lowest BCUT2D eigenvalue weighted by Crippen LogP contribution is -2.39. The molecule has 4 nitrogen and oxygen atoms in total. The lowest BCUT2D eigenvalue weighted by Gasteiger charge is -2.30. The van der Waals surface area contributed by atoms with Gasteiger partial charge in [0, 0.05) is 20.5 Å². The summed E-state index contributed by atoms with van der Waals surface area (Å²) in [7, 11) is 1.74. The van der Waals surface area contributed by atoms with Gasteiger partial charge in [0.2, 0.25) is 5.91 Å². The summed E-state index contributed by atoms with van der Waals surface area (Å²) in [6.07, 6.45) is -0.860. The zero-order chi connectivity index (χ0) is 12.9. The minimum Gasteiger partial charge on any atom is -0.390 e. The number of hydrogen-bond acceptors (Lipinski definition) is 3. The van der Waals surface area contributed by atoms with Crippen molar-refractivity contribution in [3.05, 3.63) is 0 Å². The molecule has 0 saturated carbocycles. The van der Waals surface area contributed by atoms with Crippen molar-refractivity contribution >= 4 is 5.91 Å². The van der Waals surface area contributed by atoms with Crippen molar-refractivity contribution in [3.8, 4) is 0 Å². The molecule has 0 heterocycles. The van der Waals surface area contributed by atoms with Crippen LogP contribution in [0.25, 0.3) is 0 Å². The molecule has 0 fully saturated rings. The molecule has 0 bridgehead atoms. The second-order valence-corrected chi connectivity index (χ2v) is 4.70. The van der Waals surface area contributed by atoms with Crippen molar-refractivity contribution in [3.63, 3.8) is 0 Å². The van der Waals surface area contributed by atoms with Gasteiger partial charge in [-0.25, -0.2) is 0 Å². The smallest absolute Gasteiger partial charge is 0.219 e. The summed E-state index contributed by atoms with van der Waals surface area (Å²) < 4.78 is 0. The van der Waals surface area contributed by atoms with Crippen molar-refractivity contribution in [2.75, 3.05) is 13.6 Å². The van der Waals surface area contributed by atoms with E-state index < -0.39 is 12.2 Å². The van der Waals surface area contributed by atoms with E-state index in [1.54, 1.807) is 11.9 Å². The zero-order valence-electron chi connectivity index (χ0n) is 11.0. The molecule has 2 N–H and O–H groups in total. The summed E-state index contributed by atoms with van der Waals surface area (Å²) in [4.78, 5) is 12.7. The Morgan fingerprint density at radius 1 is 1.31 bits per heavy atom. The van der Waals surface area contributed by atoms with Crippen LogP contribution in [0.3, 0.4) is 0 Å². The third-order valence-electron chi connectivity index (χ3n) is 3.35. The Morgan fingerprint density at radius 2 is 1.81 bits per heavy atom. The van der Waals surface area contributed by atoms with Crippen molar-refractivity contribution in [1.29, 1.82) is 0 Å². The number of rotatable bonds is 6. The van der Waals surface area contributed by atoms with Gasteiger partial charge in [0.05, 0.1) is 12.2 Å². The molecule has 16 heavy (non-hydrogen) atoms. The molecule has 96 valence electrons. The molecule has 0 aromatic rings. The van der Waals surface area contributed by atoms with Crippen molar-refractivity contribution in [1.82, 2.24) is 4.90 Å². The van der Waals surface area contributed by atoms with Gasteiger partial charge in [0.15, 0.2) is 0 Å². The van der Waals surface area contributed by atoms with Gasteiger partial charge >= 0.3 is 0 Å². The maximum absolute atomic E-state index is 11.1. The Labute approximate surface area is 98.3 Å². The molecule has 0 spiro atoms. The molecular formula is C12H25NO3. The molecule has 0 saturated heterocycles. The van der Waals surface area contributed by atoms with Crippen molar-refractivity contribution in [2.24, 2.45) is 11.8 Å². The van der Waals surface area contributed by atoms with Crippen LogP contribution in [0.15, 0.2) is 0 Å². The fourth-order valence-electron chi connectivity index (χ4n) is 1.66. The Bertz CT molecular complexity index is 220. The minimum absolute atomic E-state index is 0.0181. The fourth-order valence-corrected chi connectivity index (χ4v) is 1.66. The van der Waals surface area contributed by atoms with E-state index >= 15 is 0 Å². The molecule has 0 aromatic carbocycles. The number of nitrogens with zero attached hydrogens (tertiary/aromatic N) is 1. The number of aliphatic hydroxyl groups is 2. The van der Waals surface area contributed by atoms with Crippen LogP contribution in [0.5, 0.6) is 0 Å². The van der Waals surface area contributed by atoms with E-state index in [1.807, 2.05) is 20.8 Å². The van der Waals surface area contributed by atoms with Crippen molar-refractivity contribution < 1.29 is 15.0 Å². The van der Waals surface area contributed by atoms with E-state index in [4.69, 9.17) is 0 Å². The summed E-state index contributed by atoms with van der Waals surface area (Å²) >= 11 is 0. The van der Waals surface area contributed by atoms with Gasteiger partial charge in [-0.2, -0.15) is 0 Å². The molecule has 4 heteroatoms. The number of hydrogen-bond donors (Lipinski definition) is 2. The zero-order valence-corrected chi connectivity index (χ0v) is 11.0. The second-order valence-electron chi connectivity index (χ2n) is 4.70. The molecule has 0 aliphatic carbocycles. The third-order valence-corrected chi connectivity index (χ3v) is 3.35. The molecule has 0 aliphatic rings. The average molecular weight is 231 g/mol. The Hall–Kier alpha value is -0.610. The lowest BCUT2D eigenvalue weighted by molar-refractivity contribution is -0.128. The minimum atomic E-state index is -0.722. The molecular weight excluding hydrogens is 206 g/mol. The highest BCUT2D eigenvalue weighted by Crippen LogP contribution is 2.19. The number of amides is 1. The summed E-state index contributed by atoms with van der Waals surface area (Å²) in [6.45, 7) is 7.85. The molecule has 4 atom stereocenters. The van der Waals surface area contributed by atoms with E-state index in [1.165, 1.54) is 6.92 Å². The van der Waals surface area contributed by atoms with Crippen LogP contribution >= 0.6 is 0 Å². The number of carbonyl (C=O) groups is 1. The molecule has 0 radical (unpaired) electrons. The molecule has 0 aliphatic heterocycles. The highest BCUT2D eigenvalue weighted by molar-refractivity contribution is 5.72. The van der Waals surface area contributed by atoms with Gasteiger partial charge < -0.3 is 15.1 Å². The van der Waals surface area contributed by atoms with E-state index in [-0.39, 0.29) is 17.7 Å². The predicted molar refractivity (Wildman–Crippen MR) is 63.9 cm³/mol. The SMILES string of the molecule is CCC(O)C(O)C(C)C(C)CN(C)C(C)=O. The standard InChI is InChI=1S/C12H25NO3/c1-6-11(15)12(16)9(3)8(2)7-13(5)10(4)14/h8-9,11-12,15-16H,6-7H2,1-5H3. The van der Waals surface area contributed by atoms with E-state index in [0.29, 0.717) is 13.0 Å². The van der Waals surface area contributed by atoms with Crippen LogP contribution in [0.1, 0.15) is 34.1 Å². The van der Waals surface area contributed by atoms with Crippen LogP contribution in [-0.4, -0.2) is 46.8 Å². The van der Waals surface area contributed by atoms with E-state index in [0.717, 1.165) is 0 Å². The first-order valence-electron chi connectivity index (χ1n) is 5.89. The van der Waals surface area contributed by atoms with Gasteiger partial charge in [-0.3, -0.25) is 4.79 Å². The summed E-state index contributed by atoms with van der Waals surface area (Å²) in [5, 5.41) is 19.4. The van der Waals surface area contributed by atoms with Crippen LogP contribution in [0.4, 0.5) is 0 Å². The highest BCUT2D eigenvalue weighted by Gasteiger charge is 2.26. The van der Waals surface area contributed by atoms with Crippen LogP contribution in [-0.2, 0) is 4.79 Å². The molecule has 0 aromatic heterocycles. The summed E-state index contributed by atoms with van der Waals surface area (Å²) in [5.41, 5.74) is 0. The predicted octanol–water partition coefficient (Wildman–Crippen LogP) is 0.869. The number of aliphatic hydroxyl groups excluding tert-OH is 2. The first-order chi connectivity index (χ1) is 7.31. The first kappa shape index (κ1) is 15.4. The molecule has 4 unspecified atom stereocenters. The summed E-state index contributed by atoms with van der Waals surface area (Å²) in [5.74, 6) is 0.145. The highest BCUT2D eigenvalue weighted by atomic mass is 16.3. The maximum Gasteiger partial charge on any atom is 0.219 e. The monoisotopic (exact) mass is 231 g/mol. The second kappa shape index (κ2) is 6.86. The quantitative estimate of drug-likeness (QED) is 0.713. The largest absolute Gasteiger partial charge is 0.390 e. The Balaban J connectivity index is 4.27. The maximum atomic E-state index is 11.1. The van der Waals surface area contributed by atoms with E-state index in [2.05, 4.69) is 0 Å². The normalized spacial score (nSPS) is 18.7. The van der Waals surface area contributed by atoms with E-state index in [9.17, 15) is 15.0 Å². The van der Waals surface area contributed by atoms with Gasteiger partial charge in [0.1, 0.15) is 0 Å².